The van der Waals surface area contributed by atoms with E-state index in [4.69, 9.17) is 9.47 Å². The summed E-state index contributed by atoms with van der Waals surface area (Å²) in [5.74, 6) is -10.0. The van der Waals surface area contributed by atoms with Crippen molar-refractivity contribution in [2.45, 2.75) is 90.0 Å². The van der Waals surface area contributed by atoms with Crippen LogP contribution in [-0.4, -0.2) is 111 Å². The van der Waals surface area contributed by atoms with Crippen molar-refractivity contribution < 1.29 is 61.4 Å². The first-order valence-electron chi connectivity index (χ1n) is 17.4. The van der Waals surface area contributed by atoms with Gasteiger partial charge >= 0.3 is 12.2 Å². The zero-order chi connectivity index (χ0) is 39.8. The standard InChI is InChI=1S/C39H38F2N2O11/c1-38(2,3)53-36(51)42-15-19(40)13-25(42)34(49)27-30(45)21-9-7-17(11-23(21)32(27)47)29(44)18-8-10-22-24(12-18)33(48)28(31(22)46)35(50)26-14-20(41)16-43(26)37(52)54-39(4,5)6/h7-12,19-20,25-28H,13-16H2,1-6H3/t19-,20-,25+,26+,27?,28?/m1/s1. The lowest BCUT2D eigenvalue weighted by atomic mass is 9.92. The third-order valence-electron chi connectivity index (χ3n) is 9.66. The fraction of sp³-hybridized carbons (Fsp3) is 0.462. The normalized spacial score (nSPS) is 25.2. The summed E-state index contributed by atoms with van der Waals surface area (Å²) in [6.45, 7) is 8.61. The van der Waals surface area contributed by atoms with E-state index >= 15 is 0 Å². The second-order valence-corrected chi connectivity index (χ2v) is 15.9. The van der Waals surface area contributed by atoms with Gasteiger partial charge in [-0.3, -0.25) is 43.4 Å². The number of alkyl halides is 2. The summed E-state index contributed by atoms with van der Waals surface area (Å²) in [5.41, 5.74) is -2.91. The van der Waals surface area contributed by atoms with Gasteiger partial charge in [-0.25, -0.2) is 18.4 Å². The SMILES string of the molecule is CC(C)(C)OC(=O)N1C[C@H](F)C[C@H]1C(=O)C1C(=O)c2ccc(C(=O)c3ccc4c(c3)C(=O)C(C(=O)[C@@H]3C[C@@H](F)CN3C(=O)OC(C)(C)C)C4=O)cc2C1=O. The summed E-state index contributed by atoms with van der Waals surface area (Å²) in [4.78, 5) is 122. The molecular weight excluding hydrogens is 710 g/mol. The summed E-state index contributed by atoms with van der Waals surface area (Å²) in [7, 11) is 0. The number of benzene rings is 2. The number of ether oxygens (including phenoxy) is 2. The molecule has 15 heteroatoms. The lowest BCUT2D eigenvalue weighted by Gasteiger charge is -2.28. The van der Waals surface area contributed by atoms with Crippen LogP contribution in [0.2, 0.25) is 0 Å². The number of rotatable bonds is 6. The van der Waals surface area contributed by atoms with Crippen molar-refractivity contribution >= 4 is 52.7 Å². The molecule has 2 unspecified atom stereocenters. The van der Waals surface area contributed by atoms with Crippen LogP contribution in [0, 0.1) is 11.8 Å². The van der Waals surface area contributed by atoms with Crippen LogP contribution in [0.15, 0.2) is 36.4 Å². The predicted octanol–water partition coefficient (Wildman–Crippen LogP) is 4.74. The largest absolute Gasteiger partial charge is 0.444 e. The van der Waals surface area contributed by atoms with Gasteiger partial charge in [0.1, 0.15) is 35.4 Å². The van der Waals surface area contributed by atoms with Crippen molar-refractivity contribution in [1.82, 2.24) is 9.80 Å². The second kappa shape index (κ2) is 13.4. The Morgan fingerprint density at radius 3 is 1.24 bits per heavy atom. The van der Waals surface area contributed by atoms with E-state index in [1.54, 1.807) is 41.5 Å². The van der Waals surface area contributed by atoms with Gasteiger partial charge in [0.25, 0.3) is 0 Å². The molecule has 0 N–H and O–H groups in total. The fourth-order valence-electron chi connectivity index (χ4n) is 7.29. The monoisotopic (exact) mass is 748 g/mol. The summed E-state index contributed by atoms with van der Waals surface area (Å²) < 4.78 is 39.6. The molecule has 0 spiro atoms. The number of amides is 2. The first-order chi connectivity index (χ1) is 25.1. The number of ketones is 7. The van der Waals surface area contributed by atoms with Crippen LogP contribution < -0.4 is 0 Å². The maximum Gasteiger partial charge on any atom is 0.411 e. The minimum Gasteiger partial charge on any atom is -0.444 e. The molecular formula is C39H38F2N2O11. The van der Waals surface area contributed by atoms with E-state index in [1.165, 1.54) is 24.3 Å². The zero-order valence-corrected chi connectivity index (χ0v) is 30.4. The maximum absolute atomic E-state index is 14.5. The Labute approximate surface area is 308 Å². The smallest absolute Gasteiger partial charge is 0.411 e. The minimum atomic E-state index is -1.87. The second-order valence-electron chi connectivity index (χ2n) is 15.9. The van der Waals surface area contributed by atoms with E-state index in [0.717, 1.165) is 21.9 Å². The van der Waals surface area contributed by atoms with E-state index in [2.05, 4.69) is 0 Å². The van der Waals surface area contributed by atoms with E-state index in [9.17, 15) is 51.9 Å². The summed E-state index contributed by atoms with van der Waals surface area (Å²) in [6.07, 6.45) is -5.98. The van der Waals surface area contributed by atoms with Gasteiger partial charge in [0.2, 0.25) is 0 Å². The van der Waals surface area contributed by atoms with E-state index < -0.39 is 126 Å². The summed E-state index contributed by atoms with van der Waals surface area (Å²) >= 11 is 0. The highest BCUT2D eigenvalue weighted by atomic mass is 19.1. The van der Waals surface area contributed by atoms with Crippen LogP contribution in [-0.2, 0) is 19.1 Å². The number of likely N-dealkylation sites (tertiary alicyclic amines) is 2. The Morgan fingerprint density at radius 1 is 0.574 bits per heavy atom. The van der Waals surface area contributed by atoms with Crippen molar-refractivity contribution in [3.05, 3.63) is 69.8 Å². The number of halogens is 2. The number of Topliss-reactive ketones (excluding diaryl/α,β-unsaturated/α-hetero) is 6. The molecule has 2 aliphatic heterocycles. The fourth-order valence-corrected chi connectivity index (χ4v) is 7.29. The van der Waals surface area contributed by atoms with Crippen molar-refractivity contribution in [3.63, 3.8) is 0 Å². The van der Waals surface area contributed by atoms with Gasteiger partial charge in [-0.2, -0.15) is 0 Å². The van der Waals surface area contributed by atoms with Crippen LogP contribution in [0.25, 0.3) is 0 Å². The molecule has 2 aromatic carbocycles. The van der Waals surface area contributed by atoms with Gasteiger partial charge in [-0.15, -0.1) is 0 Å². The number of nitrogens with zero attached hydrogens (tertiary/aromatic N) is 2. The molecule has 6 rings (SSSR count). The lowest BCUT2D eigenvalue weighted by Crippen LogP contribution is -2.47. The van der Waals surface area contributed by atoms with E-state index in [0.29, 0.717) is 0 Å². The molecule has 54 heavy (non-hydrogen) atoms. The molecule has 0 bridgehead atoms. The van der Waals surface area contributed by atoms with Gasteiger partial charge in [-0.05, 0) is 65.8 Å². The minimum absolute atomic E-state index is 0.111. The van der Waals surface area contributed by atoms with E-state index in [-0.39, 0.29) is 33.4 Å². The van der Waals surface area contributed by atoms with Crippen LogP contribution in [0.3, 0.4) is 0 Å². The molecule has 2 saturated heterocycles. The van der Waals surface area contributed by atoms with Crippen LogP contribution >= 0.6 is 0 Å². The first kappa shape index (κ1) is 38.3. The van der Waals surface area contributed by atoms with E-state index in [1.807, 2.05) is 0 Å². The van der Waals surface area contributed by atoms with Gasteiger partial charge in [0.15, 0.2) is 40.5 Å². The Morgan fingerprint density at radius 2 is 0.907 bits per heavy atom. The lowest BCUT2D eigenvalue weighted by molar-refractivity contribution is -0.125. The van der Waals surface area contributed by atoms with Gasteiger partial charge in [-0.1, -0.05) is 12.1 Å². The molecule has 0 aromatic heterocycles. The highest BCUT2D eigenvalue weighted by molar-refractivity contribution is 6.38. The Balaban J connectivity index is 1.21. The Kier molecular flexibility index (Phi) is 9.52. The van der Waals surface area contributed by atoms with Crippen molar-refractivity contribution in [2.24, 2.45) is 11.8 Å². The summed E-state index contributed by atoms with van der Waals surface area (Å²) in [5, 5.41) is 0. The number of fused-ring (bicyclic) bond motifs is 2. The Hall–Kier alpha value is -5.47. The number of hydrogen-bond acceptors (Lipinski definition) is 11. The van der Waals surface area contributed by atoms with Crippen molar-refractivity contribution in [2.75, 3.05) is 13.1 Å². The average molecular weight is 749 g/mol. The number of carbonyl (C=O) groups is 9. The van der Waals surface area contributed by atoms with Crippen LogP contribution in [0.1, 0.15) is 112 Å². The number of hydrogen-bond donors (Lipinski definition) is 0. The molecule has 284 valence electrons. The molecule has 6 atom stereocenters. The molecule has 2 aromatic rings. The molecule has 4 aliphatic rings. The molecule has 2 heterocycles. The van der Waals surface area contributed by atoms with Crippen LogP contribution in [0.4, 0.5) is 18.4 Å². The maximum atomic E-state index is 14.5. The third-order valence-corrected chi connectivity index (χ3v) is 9.66. The molecule has 13 nitrogen and oxygen atoms in total. The van der Waals surface area contributed by atoms with Crippen molar-refractivity contribution in [3.8, 4) is 0 Å². The molecule has 2 fully saturated rings. The number of carbonyl (C=O) groups excluding carboxylic acids is 9. The predicted molar refractivity (Wildman–Crippen MR) is 183 cm³/mol. The molecule has 0 radical (unpaired) electrons. The van der Waals surface area contributed by atoms with Crippen LogP contribution in [0.5, 0.6) is 0 Å². The summed E-state index contributed by atoms with van der Waals surface area (Å²) in [6, 6.07) is 4.25. The topological polar surface area (TPSA) is 179 Å². The Bertz CT molecular complexity index is 1920. The highest BCUT2D eigenvalue weighted by Gasteiger charge is 2.52. The average Bonchev–Trinajstić information content (AvgIpc) is 3.80. The molecule has 2 amide bonds. The molecule has 2 aliphatic carbocycles. The first-order valence-corrected chi connectivity index (χ1v) is 17.4. The van der Waals surface area contributed by atoms with Gasteiger partial charge in [0.05, 0.1) is 25.2 Å². The quantitative estimate of drug-likeness (QED) is 0.294. The van der Waals surface area contributed by atoms with Gasteiger partial charge in [0, 0.05) is 46.2 Å². The third kappa shape index (κ3) is 6.87. The zero-order valence-electron chi connectivity index (χ0n) is 30.4. The van der Waals surface area contributed by atoms with Crippen molar-refractivity contribution in [1.29, 1.82) is 0 Å². The highest BCUT2D eigenvalue weighted by Crippen LogP contribution is 2.36. The molecule has 0 saturated carbocycles. The van der Waals surface area contributed by atoms with Gasteiger partial charge < -0.3 is 9.47 Å².